The summed E-state index contributed by atoms with van der Waals surface area (Å²) in [5.41, 5.74) is 0.240. The van der Waals surface area contributed by atoms with Gasteiger partial charge in [0, 0.05) is 13.1 Å². The number of amides is 1. The molecular formula is C26H26F4N4O3S. The van der Waals surface area contributed by atoms with E-state index < -0.39 is 39.5 Å². The van der Waals surface area contributed by atoms with Crippen molar-refractivity contribution in [1.29, 1.82) is 0 Å². The number of alkyl halides is 3. The second-order valence-corrected chi connectivity index (χ2v) is 11.0. The van der Waals surface area contributed by atoms with E-state index in [0.29, 0.717) is 30.5 Å². The summed E-state index contributed by atoms with van der Waals surface area (Å²) in [6.45, 7) is 3.40. The van der Waals surface area contributed by atoms with Gasteiger partial charge in [-0.25, -0.2) is 12.8 Å². The molecule has 4 rings (SSSR count). The molecule has 202 valence electrons. The Morgan fingerprint density at radius 2 is 1.79 bits per heavy atom. The summed E-state index contributed by atoms with van der Waals surface area (Å²) in [4.78, 5) is 21.2. The van der Waals surface area contributed by atoms with Crippen LogP contribution in [0.5, 0.6) is 0 Å². The van der Waals surface area contributed by atoms with Gasteiger partial charge >= 0.3 is 6.18 Å². The predicted octanol–water partition coefficient (Wildman–Crippen LogP) is 4.21. The Morgan fingerprint density at radius 1 is 1.13 bits per heavy atom. The molecule has 1 heterocycles. The average Bonchev–Trinajstić information content (AvgIpc) is 3.51. The number of carbonyl (C=O) groups is 1. The number of aliphatic imine (C=N–C) groups is 2. The van der Waals surface area contributed by atoms with E-state index in [4.69, 9.17) is 0 Å². The Labute approximate surface area is 218 Å². The molecule has 0 spiro atoms. The fraction of sp³-hybridized carbons (Fsp3) is 0.346. The Bertz CT molecular complexity index is 1370. The van der Waals surface area contributed by atoms with Crippen molar-refractivity contribution in [3.05, 3.63) is 77.2 Å². The molecule has 1 saturated carbocycles. The fourth-order valence-electron chi connectivity index (χ4n) is 5.05. The first-order chi connectivity index (χ1) is 18.0. The van der Waals surface area contributed by atoms with Crippen LogP contribution < -0.4 is 5.32 Å². The zero-order valence-corrected chi connectivity index (χ0v) is 21.3. The van der Waals surface area contributed by atoms with Gasteiger partial charge in [0.05, 0.1) is 28.4 Å². The maximum absolute atomic E-state index is 13.4. The summed E-state index contributed by atoms with van der Waals surface area (Å²) in [6.07, 6.45) is -1.07. The largest absolute Gasteiger partial charge is 0.416 e. The van der Waals surface area contributed by atoms with Crippen molar-refractivity contribution in [3.63, 3.8) is 0 Å². The smallest absolute Gasteiger partial charge is 0.349 e. The third kappa shape index (κ3) is 5.56. The van der Waals surface area contributed by atoms with Crippen LogP contribution in [-0.2, 0) is 21.0 Å². The van der Waals surface area contributed by atoms with E-state index >= 15 is 0 Å². The second-order valence-electron chi connectivity index (χ2n) is 9.16. The van der Waals surface area contributed by atoms with Gasteiger partial charge in [0.25, 0.3) is 0 Å². The summed E-state index contributed by atoms with van der Waals surface area (Å²) in [7, 11) is -2.57. The van der Waals surface area contributed by atoms with Gasteiger partial charge in [-0.1, -0.05) is 12.1 Å². The first-order valence-corrected chi connectivity index (χ1v) is 13.3. The molecule has 3 atom stereocenters. The summed E-state index contributed by atoms with van der Waals surface area (Å²) >= 11 is 0. The van der Waals surface area contributed by atoms with E-state index in [1.54, 1.807) is 0 Å². The Kier molecular flexibility index (Phi) is 7.84. The minimum Gasteiger partial charge on any atom is -0.349 e. The normalized spacial score (nSPS) is 22.5. The summed E-state index contributed by atoms with van der Waals surface area (Å²) in [6, 6.07) is 7.70. The molecule has 2 aromatic carbocycles. The molecule has 1 aliphatic heterocycles. The van der Waals surface area contributed by atoms with Crippen LogP contribution in [0.2, 0.25) is 0 Å². The van der Waals surface area contributed by atoms with Gasteiger partial charge in [-0.15, -0.1) is 0 Å². The van der Waals surface area contributed by atoms with Gasteiger partial charge < -0.3 is 5.32 Å². The van der Waals surface area contributed by atoms with Crippen LogP contribution >= 0.6 is 0 Å². The molecule has 12 heteroatoms. The number of hydrogen-bond donors (Lipinski definition) is 1. The first-order valence-electron chi connectivity index (χ1n) is 11.8. The number of halogens is 4. The molecule has 2 aliphatic rings. The molecule has 1 saturated heterocycles. The SMILES string of the molecule is C=N/C(=C\C(=NC)c1ccc(C(F)(F)F)cc1)CNC(=O)[C@@H]1[C@H]2CC[C@H](C2)N1S(=O)(=O)c1ccc(F)cc1. The standard InChI is InChI=1S/C26H26F4N4O3S/c1-31-20(14-23(32-2)16-3-6-18(7-4-16)26(28,29)30)15-33-25(35)24-17-5-10-21(13-17)34(24)38(36,37)22-11-8-19(27)9-12-22/h3-4,6-9,11-12,14,17,21,24H,1,5,10,13,15H2,2H3,(H,33,35)/b20-14-,32-23?/t17-,21+,24-/m0/s1. The van der Waals surface area contributed by atoms with Crippen molar-refractivity contribution in [2.75, 3.05) is 13.6 Å². The van der Waals surface area contributed by atoms with Crippen molar-refractivity contribution in [2.24, 2.45) is 15.9 Å². The van der Waals surface area contributed by atoms with E-state index in [1.165, 1.54) is 41.7 Å². The Balaban J connectivity index is 1.50. The number of nitrogens with zero attached hydrogens (tertiary/aromatic N) is 3. The lowest BCUT2D eigenvalue weighted by Crippen LogP contribution is -2.52. The van der Waals surface area contributed by atoms with Crippen molar-refractivity contribution >= 4 is 28.4 Å². The van der Waals surface area contributed by atoms with Gasteiger partial charge in [0.1, 0.15) is 11.9 Å². The zero-order valence-electron chi connectivity index (χ0n) is 20.5. The molecule has 1 aliphatic carbocycles. The minimum atomic E-state index is -4.46. The summed E-state index contributed by atoms with van der Waals surface area (Å²) < 4.78 is 80.0. The minimum absolute atomic E-state index is 0.0852. The van der Waals surface area contributed by atoms with Crippen LogP contribution in [0.1, 0.15) is 30.4 Å². The van der Waals surface area contributed by atoms with E-state index in [1.807, 2.05) is 0 Å². The first kappa shape index (κ1) is 27.6. The van der Waals surface area contributed by atoms with Crippen LogP contribution in [0.3, 0.4) is 0 Å². The number of sulfonamides is 1. The lowest BCUT2D eigenvalue weighted by molar-refractivity contribution is -0.137. The van der Waals surface area contributed by atoms with Crippen molar-refractivity contribution in [2.45, 2.75) is 42.4 Å². The number of fused-ring (bicyclic) bond motifs is 2. The number of allylic oxidation sites excluding steroid dienone is 1. The lowest BCUT2D eigenvalue weighted by atomic mass is 9.99. The quantitative estimate of drug-likeness (QED) is 0.395. The molecule has 0 unspecified atom stereocenters. The molecule has 7 nitrogen and oxygen atoms in total. The predicted molar refractivity (Wildman–Crippen MR) is 135 cm³/mol. The molecule has 38 heavy (non-hydrogen) atoms. The zero-order chi connectivity index (χ0) is 27.7. The highest BCUT2D eigenvalue weighted by Crippen LogP contribution is 2.45. The van der Waals surface area contributed by atoms with E-state index in [2.05, 4.69) is 22.0 Å². The van der Waals surface area contributed by atoms with Gasteiger partial charge in [-0.05, 0) is 79.9 Å². The van der Waals surface area contributed by atoms with Crippen LogP contribution in [-0.4, -0.2) is 56.7 Å². The maximum Gasteiger partial charge on any atom is 0.416 e. The second kappa shape index (κ2) is 10.8. The molecule has 0 radical (unpaired) electrons. The van der Waals surface area contributed by atoms with Crippen molar-refractivity contribution in [1.82, 2.24) is 9.62 Å². The maximum atomic E-state index is 13.4. The van der Waals surface area contributed by atoms with E-state index in [0.717, 1.165) is 24.3 Å². The van der Waals surface area contributed by atoms with Crippen LogP contribution in [0.25, 0.3) is 0 Å². The number of rotatable bonds is 8. The molecule has 1 amide bonds. The summed E-state index contributed by atoms with van der Waals surface area (Å²) in [5.74, 6) is -1.22. The highest BCUT2D eigenvalue weighted by molar-refractivity contribution is 7.89. The van der Waals surface area contributed by atoms with Crippen LogP contribution in [0.15, 0.2) is 75.2 Å². The van der Waals surface area contributed by atoms with Crippen LogP contribution in [0, 0.1) is 11.7 Å². The number of carbonyl (C=O) groups excluding carboxylic acids is 1. The molecule has 2 aromatic rings. The van der Waals surface area contributed by atoms with Gasteiger partial charge in [0.15, 0.2) is 0 Å². The molecule has 1 N–H and O–H groups in total. The number of nitrogens with one attached hydrogen (secondary N) is 1. The monoisotopic (exact) mass is 550 g/mol. The average molecular weight is 551 g/mol. The lowest BCUT2D eigenvalue weighted by Gasteiger charge is -2.33. The van der Waals surface area contributed by atoms with Gasteiger partial charge in [-0.3, -0.25) is 14.8 Å². The highest BCUT2D eigenvalue weighted by Gasteiger charge is 2.54. The van der Waals surface area contributed by atoms with E-state index in [9.17, 15) is 30.8 Å². The molecule has 2 fully saturated rings. The number of piperidine rings is 1. The van der Waals surface area contributed by atoms with Crippen molar-refractivity contribution < 1.29 is 30.8 Å². The van der Waals surface area contributed by atoms with Gasteiger partial charge in [0.2, 0.25) is 15.9 Å². The van der Waals surface area contributed by atoms with Crippen LogP contribution in [0.4, 0.5) is 17.6 Å². The van der Waals surface area contributed by atoms with E-state index in [-0.39, 0.29) is 29.1 Å². The Hall–Kier alpha value is -3.38. The molecule has 2 bridgehead atoms. The third-order valence-corrected chi connectivity index (χ3v) is 8.83. The Morgan fingerprint density at radius 3 is 2.37 bits per heavy atom. The third-order valence-electron chi connectivity index (χ3n) is 6.88. The molecule has 0 aromatic heterocycles. The molecular weight excluding hydrogens is 524 g/mol. The van der Waals surface area contributed by atoms with Crippen molar-refractivity contribution in [3.8, 4) is 0 Å². The topological polar surface area (TPSA) is 91.2 Å². The summed E-state index contributed by atoms with van der Waals surface area (Å²) in [5, 5.41) is 2.72. The van der Waals surface area contributed by atoms with Gasteiger partial charge in [-0.2, -0.15) is 17.5 Å². The number of hydrogen-bond acceptors (Lipinski definition) is 5. The number of benzene rings is 2. The highest BCUT2D eigenvalue weighted by atomic mass is 32.2. The fourth-order valence-corrected chi connectivity index (χ4v) is 6.92.